The van der Waals surface area contributed by atoms with Crippen LogP contribution in [0.4, 0.5) is 0 Å². The first-order valence-electron chi connectivity index (χ1n) is 29.6. The minimum absolute atomic E-state index is 0. The van der Waals surface area contributed by atoms with E-state index < -0.39 is 84.6 Å². The Kier molecular flexibility index (Phi) is 19.9. The predicted octanol–water partition coefficient (Wildman–Crippen LogP) is 5.78. The fourth-order valence-electron chi connectivity index (χ4n) is 13.0. The number of carbonyl (C=O) groups excluding carboxylic acids is 9. The van der Waals surface area contributed by atoms with E-state index in [4.69, 9.17) is 10.3 Å². The zero-order valence-electron chi connectivity index (χ0n) is 49.0. The van der Waals surface area contributed by atoms with Gasteiger partial charge in [-0.1, -0.05) is 66.7 Å². The summed E-state index contributed by atoms with van der Waals surface area (Å²) in [5, 5.41) is 11.6. The van der Waals surface area contributed by atoms with Crippen molar-refractivity contribution in [2.24, 2.45) is 24.6 Å². The fourth-order valence-corrected chi connectivity index (χ4v) is 14.2. The van der Waals surface area contributed by atoms with Crippen molar-refractivity contribution in [1.29, 1.82) is 0 Å². The van der Waals surface area contributed by atoms with Crippen molar-refractivity contribution >= 4 is 95.6 Å². The maximum atomic E-state index is 15.3. The van der Waals surface area contributed by atoms with E-state index in [0.717, 1.165) is 48.8 Å². The smallest absolute Gasteiger partial charge is 0.329 e. The van der Waals surface area contributed by atoms with Crippen LogP contribution in [0.15, 0.2) is 108 Å². The number of benzene rings is 4. The number of imide groups is 1. The molecule has 4 fully saturated rings. The summed E-state index contributed by atoms with van der Waals surface area (Å²) in [7, 11) is -1.99. The van der Waals surface area contributed by atoms with Crippen molar-refractivity contribution in [1.82, 2.24) is 45.2 Å². The highest BCUT2D eigenvalue weighted by Gasteiger charge is 2.47. The number of H-pyrrole nitrogens is 1. The lowest BCUT2D eigenvalue weighted by Crippen LogP contribution is -2.62. The molecule has 4 aliphatic rings. The number of hydrogen-bond acceptors (Lipinski definition) is 12. The lowest BCUT2D eigenvalue weighted by Gasteiger charge is -2.39. The summed E-state index contributed by atoms with van der Waals surface area (Å²) in [5.74, 6) is -3.86. The Morgan fingerprint density at radius 2 is 1.48 bits per heavy atom. The highest BCUT2D eigenvalue weighted by molar-refractivity contribution is 7.76. The molecule has 3 aliphatic heterocycles. The zero-order chi connectivity index (χ0) is 61.0. The van der Waals surface area contributed by atoms with E-state index in [1.807, 2.05) is 78.9 Å². The molecule has 6 aromatic rings. The maximum Gasteiger partial charge on any atom is 0.329 e. The molecule has 2 aromatic heterocycles. The maximum absolute atomic E-state index is 15.3. The van der Waals surface area contributed by atoms with Gasteiger partial charge in [0.05, 0.1) is 23.7 Å². The van der Waals surface area contributed by atoms with Crippen LogP contribution >= 0.6 is 20.9 Å². The number of carbonyl (C=O) groups is 9. The molecule has 6 atom stereocenters. The van der Waals surface area contributed by atoms with Crippen molar-refractivity contribution in [2.75, 3.05) is 26.4 Å². The topological polar surface area (TPSA) is 303 Å². The number of rotatable bonds is 20. The van der Waals surface area contributed by atoms with Crippen LogP contribution in [0.5, 0.6) is 0 Å². The highest BCUT2D eigenvalue weighted by Crippen LogP contribution is 2.46. The summed E-state index contributed by atoms with van der Waals surface area (Å²) >= 11 is 0. The van der Waals surface area contributed by atoms with Crippen LogP contribution in [-0.4, -0.2) is 127 Å². The molecular weight excluding hydrogens is 1150 g/mol. The third kappa shape index (κ3) is 14.2. The first-order chi connectivity index (χ1) is 41.3. The Balaban J connectivity index is 0.00000902. The van der Waals surface area contributed by atoms with Crippen molar-refractivity contribution in [3.05, 3.63) is 142 Å². The number of piperidine rings is 1. The number of aromatic amines is 1. The van der Waals surface area contributed by atoms with Gasteiger partial charge in [0.25, 0.3) is 13.3 Å². The molecule has 3 saturated heterocycles. The Morgan fingerprint density at radius 1 is 0.793 bits per heavy atom. The fraction of sp³-hybridized carbons (Fsp3) is 0.429. The molecular formula is C63H75N10O12PS. The van der Waals surface area contributed by atoms with E-state index in [1.165, 1.54) is 38.9 Å². The lowest BCUT2D eigenvalue weighted by molar-refractivity contribution is -0.146. The van der Waals surface area contributed by atoms with Crippen LogP contribution in [0, 0.1) is 11.8 Å². The Hall–Kier alpha value is -8.14. The molecule has 0 spiro atoms. The van der Waals surface area contributed by atoms with Gasteiger partial charge in [-0.05, 0) is 136 Å². The molecule has 0 bridgehead atoms. The molecule has 1 unspecified atom stereocenters. The molecule has 4 aromatic carbocycles. The van der Waals surface area contributed by atoms with E-state index in [1.54, 1.807) is 24.9 Å². The summed E-state index contributed by atoms with van der Waals surface area (Å²) < 4.78 is 21.3. The van der Waals surface area contributed by atoms with Crippen LogP contribution in [0.25, 0.3) is 21.9 Å². The largest absolute Gasteiger partial charge is 0.370 e. The highest BCUT2D eigenvalue weighted by atomic mass is 32.1. The van der Waals surface area contributed by atoms with Gasteiger partial charge >= 0.3 is 5.69 Å². The minimum Gasteiger partial charge on any atom is -0.370 e. The average molecular weight is 1230 g/mol. The lowest BCUT2D eigenvalue weighted by atomic mass is 9.78. The summed E-state index contributed by atoms with van der Waals surface area (Å²) in [6.07, 6.45) is 5.16. The average Bonchev–Trinajstić information content (AvgIpc) is 1.86. The molecule has 7 N–H and O–H groups in total. The number of nitrogens with one attached hydrogen (secondary N) is 5. The predicted molar refractivity (Wildman–Crippen MR) is 330 cm³/mol. The third-order valence-electron chi connectivity index (χ3n) is 17.5. The molecule has 0 radical (unpaired) electrons. The van der Waals surface area contributed by atoms with Crippen LogP contribution in [0.2, 0.25) is 0 Å². The van der Waals surface area contributed by atoms with Gasteiger partial charge in [0.1, 0.15) is 29.9 Å². The van der Waals surface area contributed by atoms with Gasteiger partial charge in [-0.2, -0.15) is 13.5 Å². The number of primary amides is 1. The van der Waals surface area contributed by atoms with Crippen LogP contribution in [0.1, 0.15) is 134 Å². The number of hydrogen-bond donors (Lipinski definition) is 6. The van der Waals surface area contributed by atoms with Gasteiger partial charge in [-0.25, -0.2) is 4.79 Å². The van der Waals surface area contributed by atoms with Gasteiger partial charge in [-0.15, -0.1) is 0 Å². The normalized spacial score (nSPS) is 21.6. The van der Waals surface area contributed by atoms with E-state index in [0.29, 0.717) is 40.7 Å². The number of amides is 8. The standard InChI is InChI=1S/C63H73N10O12P.H2S/c1-4-85-86(3,84)62(82)42-20-22-45-43(34-42)35-47(65-45)58(78)67-48-36-71(55(76)33-38-17-15-37(16-18-38)31-39-19-24-49-52(32-39)70(2)63(83)73(49)51-26-28-54(75)68-60(51)80)30-29-44-21-25-50(72(44)61(48)81)59(79)66-46(23-27-53(64)74)57(77)69-56(40-11-7-5-8-12-40)41-13-9-6-10-14-41;/h5-14,19-20,22,24,32,34-35,37-38,44,46,48,50-51,56,65H,4,15-18,21,23,25-31,33,36H2,1-3H3,(H2,64,74)(H,66,79)(H,67,78)(H,69,77)(H,68,75,80);1H2/t37?,38?,44-,46+,48+,50+,51+,86?;/m1./s1. The zero-order valence-corrected chi connectivity index (χ0v) is 50.9. The quantitative estimate of drug-likeness (QED) is 0.0392. The number of nitrogens with zero attached hydrogens (tertiary/aromatic N) is 4. The van der Waals surface area contributed by atoms with E-state index in [-0.39, 0.29) is 106 Å². The second-order valence-corrected chi connectivity index (χ2v) is 25.7. The molecule has 22 nitrogen and oxygen atoms in total. The number of aryl methyl sites for hydroxylation is 1. The van der Waals surface area contributed by atoms with Crippen molar-refractivity contribution in [2.45, 2.75) is 127 Å². The van der Waals surface area contributed by atoms with Crippen molar-refractivity contribution < 1.29 is 52.2 Å². The Morgan fingerprint density at radius 3 is 2.15 bits per heavy atom. The summed E-state index contributed by atoms with van der Waals surface area (Å²) in [6.45, 7) is 2.97. The van der Waals surface area contributed by atoms with Crippen LogP contribution in [0.3, 0.4) is 0 Å². The van der Waals surface area contributed by atoms with Crippen LogP contribution < -0.4 is 32.7 Å². The molecule has 5 heterocycles. The van der Waals surface area contributed by atoms with Gasteiger partial charge in [-0.3, -0.25) is 62.2 Å². The Bertz CT molecular complexity index is 3690. The number of nitrogens with two attached hydrogens (primary N) is 1. The Labute approximate surface area is 509 Å². The first kappa shape index (κ1) is 63.4. The van der Waals surface area contributed by atoms with Gasteiger partial charge in [0.15, 0.2) is 0 Å². The van der Waals surface area contributed by atoms with E-state index in [9.17, 15) is 47.7 Å². The second kappa shape index (κ2) is 27.3. The number of fused-ring (bicyclic) bond motifs is 3. The van der Waals surface area contributed by atoms with Crippen molar-refractivity contribution in [3.8, 4) is 0 Å². The summed E-state index contributed by atoms with van der Waals surface area (Å²) in [6, 6.07) is 24.9. The monoisotopic (exact) mass is 1230 g/mol. The summed E-state index contributed by atoms with van der Waals surface area (Å²) in [4.78, 5) is 143. The van der Waals surface area contributed by atoms with Gasteiger partial charge < -0.3 is 41.0 Å². The van der Waals surface area contributed by atoms with E-state index >= 15 is 4.79 Å². The molecule has 8 amide bonds. The molecule has 460 valence electrons. The molecule has 10 rings (SSSR count). The molecule has 1 aliphatic carbocycles. The number of aromatic nitrogens is 3. The molecule has 1 saturated carbocycles. The summed E-state index contributed by atoms with van der Waals surface area (Å²) in [5.41, 5.74) is 9.11. The molecule has 24 heteroatoms. The van der Waals surface area contributed by atoms with Gasteiger partial charge in [0, 0.05) is 68.6 Å². The van der Waals surface area contributed by atoms with Gasteiger partial charge in [0.2, 0.25) is 46.9 Å². The number of imidazole rings is 1. The molecule has 87 heavy (non-hydrogen) atoms. The van der Waals surface area contributed by atoms with Crippen molar-refractivity contribution in [3.63, 3.8) is 0 Å². The minimum atomic E-state index is -3.66. The van der Waals surface area contributed by atoms with E-state index in [2.05, 4.69) is 26.3 Å². The first-order valence-corrected chi connectivity index (χ1v) is 31.7. The second-order valence-electron chi connectivity index (χ2n) is 23.3. The third-order valence-corrected chi connectivity index (χ3v) is 19.2. The SMILES string of the molecule is CCOP(C)(=O)C(=O)c1ccc2[nH]c(C(=O)N[C@H]3CN(C(=O)CC4CCC(Cc5ccc6c(c5)n(C)c(=O)n6[C@H]5CCC(=O)NC5=O)CC4)CC[C@H]4CC[C@@H](C(=O)N[C@@H](CCC(N)=O)C(=O)NC(c5ccccc5)c5ccccc5)N4C3=O)cc2c1.S. The van der Waals surface area contributed by atoms with Crippen LogP contribution in [-0.2, 0) is 56.1 Å².